The van der Waals surface area contributed by atoms with Gasteiger partial charge in [-0.3, -0.25) is 0 Å². The third-order valence-corrected chi connectivity index (χ3v) is 1.28. The van der Waals surface area contributed by atoms with Crippen molar-refractivity contribution in [3.05, 3.63) is 36.4 Å². The van der Waals surface area contributed by atoms with Gasteiger partial charge in [0.25, 0.3) is 0 Å². The van der Waals surface area contributed by atoms with E-state index in [9.17, 15) is 4.57 Å². The summed E-state index contributed by atoms with van der Waals surface area (Å²) in [4.78, 5) is 0. The molecule has 0 radical (unpaired) electrons. The molecule has 1 atom stereocenters. The zero-order valence-electron chi connectivity index (χ0n) is 6.49. The lowest BCUT2D eigenvalue weighted by atomic mass is 10.4. The van der Waals surface area contributed by atoms with Gasteiger partial charge in [0.15, 0.2) is 0 Å². The summed E-state index contributed by atoms with van der Waals surface area (Å²) in [5, 5.41) is 0. The van der Waals surface area contributed by atoms with Gasteiger partial charge in [0.05, 0.1) is 6.61 Å². The lowest BCUT2D eigenvalue weighted by Gasteiger charge is -1.69. The molecule has 1 aromatic carbocycles. The van der Waals surface area contributed by atoms with E-state index in [2.05, 4.69) is 4.52 Å². The summed E-state index contributed by atoms with van der Waals surface area (Å²) in [6, 6.07) is 12.0. The second-order valence-electron chi connectivity index (χ2n) is 1.67. The molecule has 0 N–H and O–H groups in total. The van der Waals surface area contributed by atoms with Crippen LogP contribution >= 0.6 is 8.69 Å². The van der Waals surface area contributed by atoms with Crippen molar-refractivity contribution in [2.75, 3.05) is 6.61 Å². The summed E-state index contributed by atoms with van der Waals surface area (Å²) in [7, 11) is -0.592. The predicted octanol–water partition coefficient (Wildman–Crippen LogP) is 2.65. The second kappa shape index (κ2) is 9.28. The number of hydrogen-bond acceptors (Lipinski definition) is 2. The molecule has 1 unspecified atom stereocenters. The molecule has 0 aromatic heterocycles. The molecule has 0 aliphatic heterocycles. The van der Waals surface area contributed by atoms with E-state index in [0.29, 0.717) is 6.61 Å². The van der Waals surface area contributed by atoms with Crippen molar-refractivity contribution < 1.29 is 9.09 Å². The lowest BCUT2D eigenvalue weighted by molar-refractivity contribution is 0.365. The zero-order valence-corrected chi connectivity index (χ0v) is 7.49. The molecule has 0 heterocycles. The van der Waals surface area contributed by atoms with Crippen LogP contribution in [0.25, 0.3) is 0 Å². The summed E-state index contributed by atoms with van der Waals surface area (Å²) in [5.74, 6) is 0. The lowest BCUT2D eigenvalue weighted by Crippen LogP contribution is -1.65. The van der Waals surface area contributed by atoms with Crippen molar-refractivity contribution in [1.29, 1.82) is 0 Å². The Balaban J connectivity index is 0.000000187. The van der Waals surface area contributed by atoms with Gasteiger partial charge in [0.1, 0.15) is 0 Å². The van der Waals surface area contributed by atoms with E-state index in [1.54, 1.807) is 6.92 Å². The van der Waals surface area contributed by atoms with Crippen LogP contribution in [0.4, 0.5) is 0 Å². The Morgan fingerprint density at radius 1 is 1.09 bits per heavy atom. The first-order valence-corrected chi connectivity index (χ1v) is 4.22. The van der Waals surface area contributed by atoms with Crippen LogP contribution in [0.1, 0.15) is 6.92 Å². The van der Waals surface area contributed by atoms with Crippen molar-refractivity contribution in [2.45, 2.75) is 6.92 Å². The topological polar surface area (TPSA) is 26.3 Å². The average molecular weight is 171 g/mol. The van der Waals surface area contributed by atoms with E-state index in [4.69, 9.17) is 0 Å². The Morgan fingerprint density at radius 3 is 1.55 bits per heavy atom. The molecule has 11 heavy (non-hydrogen) atoms. The Hall–Kier alpha value is -0.720. The average Bonchev–Trinajstić information content (AvgIpc) is 2.10. The van der Waals surface area contributed by atoms with Crippen molar-refractivity contribution in [2.24, 2.45) is 0 Å². The van der Waals surface area contributed by atoms with Crippen LogP contribution in [0.2, 0.25) is 0 Å². The number of hydrogen-bond donors (Lipinski definition) is 0. The minimum Gasteiger partial charge on any atom is -0.148 e. The Bertz CT molecular complexity index is 138. The van der Waals surface area contributed by atoms with E-state index in [1.165, 1.54) is 0 Å². The zero-order chi connectivity index (χ0) is 8.36. The third kappa shape index (κ3) is 9.28. The fraction of sp³-hybridized carbons (Fsp3) is 0.250. The van der Waals surface area contributed by atoms with Crippen molar-refractivity contribution in [3.8, 4) is 0 Å². The monoisotopic (exact) mass is 171 g/mol. The van der Waals surface area contributed by atoms with E-state index in [1.807, 2.05) is 36.4 Å². The van der Waals surface area contributed by atoms with Gasteiger partial charge in [-0.2, -0.15) is 0 Å². The molecule has 1 rings (SSSR count). The molecule has 0 aliphatic carbocycles. The molecule has 60 valence electrons. The maximum atomic E-state index is 9.34. The van der Waals surface area contributed by atoms with Gasteiger partial charge in [-0.05, 0) is 11.5 Å². The highest BCUT2D eigenvalue weighted by Gasteiger charge is 1.76. The molecule has 0 amide bonds. The third-order valence-electron chi connectivity index (χ3n) is 0.870. The van der Waals surface area contributed by atoms with Crippen LogP contribution in [0.5, 0.6) is 0 Å². The molecule has 0 aliphatic rings. The minimum absolute atomic E-state index is 0.544. The Labute approximate surface area is 68.5 Å². The first-order valence-electron chi connectivity index (χ1n) is 3.40. The molecule has 0 spiro atoms. The van der Waals surface area contributed by atoms with Gasteiger partial charge in [-0.1, -0.05) is 36.4 Å². The standard InChI is InChI=1S/C6H6.C2H6O2P/c1-2-4-6-5-3-1;1-2-4-5-3/h1-6H;5H,2H2,1H3/q;+1. The van der Waals surface area contributed by atoms with E-state index in [-0.39, 0.29) is 0 Å². The van der Waals surface area contributed by atoms with Crippen LogP contribution < -0.4 is 0 Å². The van der Waals surface area contributed by atoms with Crippen molar-refractivity contribution in [1.82, 2.24) is 0 Å². The molecule has 2 nitrogen and oxygen atoms in total. The van der Waals surface area contributed by atoms with E-state index >= 15 is 0 Å². The predicted molar refractivity (Wildman–Crippen MR) is 47.1 cm³/mol. The quantitative estimate of drug-likeness (QED) is 0.639. The van der Waals surface area contributed by atoms with Crippen LogP contribution in [-0.4, -0.2) is 6.61 Å². The molecule has 3 heteroatoms. The molecular formula is C8H12O2P+. The summed E-state index contributed by atoms with van der Waals surface area (Å²) < 4.78 is 13.6. The summed E-state index contributed by atoms with van der Waals surface area (Å²) >= 11 is 0. The highest BCUT2D eigenvalue weighted by Crippen LogP contribution is 1.89. The van der Waals surface area contributed by atoms with Gasteiger partial charge in [-0.15, -0.1) is 4.52 Å². The summed E-state index contributed by atoms with van der Waals surface area (Å²) in [6.45, 7) is 2.34. The van der Waals surface area contributed by atoms with Crippen molar-refractivity contribution >= 4 is 8.69 Å². The molecular weight excluding hydrogens is 159 g/mol. The molecule has 0 saturated carbocycles. The first kappa shape index (κ1) is 10.3. The first-order chi connectivity index (χ1) is 5.41. The highest BCUT2D eigenvalue weighted by molar-refractivity contribution is 7.17. The van der Waals surface area contributed by atoms with Gasteiger partial charge in [0.2, 0.25) is 0 Å². The number of rotatable bonds is 2. The van der Waals surface area contributed by atoms with Crippen LogP contribution in [-0.2, 0) is 9.09 Å². The maximum absolute atomic E-state index is 9.34. The number of benzene rings is 1. The summed E-state index contributed by atoms with van der Waals surface area (Å²) in [5.41, 5.74) is 0. The Morgan fingerprint density at radius 2 is 1.45 bits per heavy atom. The van der Waals surface area contributed by atoms with Crippen LogP contribution in [0, 0.1) is 0 Å². The Kier molecular flexibility index (Phi) is 8.67. The molecule has 1 aromatic rings. The van der Waals surface area contributed by atoms with Gasteiger partial charge in [0, 0.05) is 0 Å². The largest absolute Gasteiger partial charge is 0.494 e. The highest BCUT2D eigenvalue weighted by atomic mass is 31.1. The molecule has 0 fully saturated rings. The van der Waals surface area contributed by atoms with Gasteiger partial charge in [-0.25, -0.2) is 0 Å². The van der Waals surface area contributed by atoms with Gasteiger partial charge >= 0.3 is 8.69 Å². The van der Waals surface area contributed by atoms with Crippen molar-refractivity contribution in [3.63, 3.8) is 0 Å². The van der Waals surface area contributed by atoms with Crippen LogP contribution in [0.3, 0.4) is 0 Å². The normalized spacial score (nSPS) is 8.45. The molecule has 0 saturated heterocycles. The fourth-order valence-corrected chi connectivity index (χ4v) is 0.562. The van der Waals surface area contributed by atoms with E-state index in [0.717, 1.165) is 0 Å². The minimum atomic E-state index is -0.592. The fourth-order valence-electron chi connectivity index (χ4n) is 0.444. The maximum Gasteiger partial charge on any atom is 0.494 e. The van der Waals surface area contributed by atoms with Crippen LogP contribution in [0.15, 0.2) is 36.4 Å². The SMILES string of the molecule is CCO[PH+]=O.c1ccccc1. The van der Waals surface area contributed by atoms with E-state index < -0.39 is 8.69 Å². The summed E-state index contributed by atoms with van der Waals surface area (Å²) in [6.07, 6.45) is 0. The molecule has 0 bridgehead atoms. The second-order valence-corrected chi connectivity index (χ2v) is 2.13. The smallest absolute Gasteiger partial charge is 0.148 e. The van der Waals surface area contributed by atoms with Gasteiger partial charge < -0.3 is 0 Å².